The standard InChI is InChI=1S/C19H30O/c1-18-9-3-4-16(18)15-6-5-13-12-14(20)7-11-19(13,2)17(15)8-10-18/h12-13,15-17,20H,3-11H2,1-2H3/t13?,15-,16-,17-,18-,19-/m0/s1. The van der Waals surface area contributed by atoms with Gasteiger partial charge in [-0.2, -0.15) is 0 Å². The van der Waals surface area contributed by atoms with E-state index in [1.807, 2.05) is 0 Å². The summed E-state index contributed by atoms with van der Waals surface area (Å²) in [6.07, 6.45) is 14.5. The van der Waals surface area contributed by atoms with Crippen LogP contribution in [0.15, 0.2) is 11.8 Å². The van der Waals surface area contributed by atoms with Crippen LogP contribution in [-0.4, -0.2) is 5.11 Å². The van der Waals surface area contributed by atoms with Crippen molar-refractivity contribution >= 4 is 0 Å². The monoisotopic (exact) mass is 274 g/mol. The normalized spacial score (nSPS) is 54.6. The first-order chi connectivity index (χ1) is 9.53. The highest BCUT2D eigenvalue weighted by atomic mass is 16.3. The molecule has 0 amide bonds. The predicted molar refractivity (Wildman–Crippen MR) is 82.4 cm³/mol. The fraction of sp³-hybridized carbons (Fsp3) is 0.895. The minimum atomic E-state index is 0.485. The summed E-state index contributed by atoms with van der Waals surface area (Å²) in [6.45, 7) is 5.14. The quantitative estimate of drug-likeness (QED) is 0.621. The van der Waals surface area contributed by atoms with Crippen LogP contribution in [0, 0.1) is 34.5 Å². The van der Waals surface area contributed by atoms with E-state index in [2.05, 4.69) is 19.9 Å². The molecule has 0 aromatic carbocycles. The lowest BCUT2D eigenvalue weighted by Crippen LogP contribution is -2.51. The summed E-state index contributed by atoms with van der Waals surface area (Å²) >= 11 is 0. The molecule has 0 aromatic rings. The highest BCUT2D eigenvalue weighted by Crippen LogP contribution is 2.65. The van der Waals surface area contributed by atoms with Gasteiger partial charge in [-0.05, 0) is 85.5 Å². The van der Waals surface area contributed by atoms with Crippen molar-refractivity contribution in [3.63, 3.8) is 0 Å². The molecule has 0 aliphatic heterocycles. The van der Waals surface area contributed by atoms with Gasteiger partial charge in [0.1, 0.15) is 0 Å². The molecule has 0 aromatic heterocycles. The fourth-order valence-electron chi connectivity index (χ4n) is 6.84. The van der Waals surface area contributed by atoms with Crippen LogP contribution in [0.2, 0.25) is 0 Å². The first kappa shape index (κ1) is 13.2. The zero-order chi connectivity index (χ0) is 14.0. The highest BCUT2D eigenvalue weighted by Gasteiger charge is 2.56. The largest absolute Gasteiger partial charge is 0.513 e. The van der Waals surface area contributed by atoms with Crippen LogP contribution in [-0.2, 0) is 0 Å². The SMILES string of the molecule is C[C@@]12CCC[C@H]1[C@@H]1CCC3C=C(O)CC[C@]3(C)[C@H]1CC2. The third kappa shape index (κ3) is 1.67. The number of fused-ring (bicyclic) bond motifs is 5. The van der Waals surface area contributed by atoms with Crippen molar-refractivity contribution < 1.29 is 5.11 Å². The number of rotatable bonds is 0. The Morgan fingerprint density at radius 1 is 1.00 bits per heavy atom. The number of aliphatic hydroxyl groups is 1. The fourth-order valence-corrected chi connectivity index (χ4v) is 6.84. The molecular formula is C19H30O. The Balaban J connectivity index is 1.66. The lowest BCUT2D eigenvalue weighted by Gasteiger charge is -2.59. The Kier molecular flexibility index (Phi) is 2.82. The van der Waals surface area contributed by atoms with Gasteiger partial charge in [0, 0.05) is 6.42 Å². The molecule has 4 aliphatic rings. The Morgan fingerprint density at radius 2 is 1.85 bits per heavy atom. The van der Waals surface area contributed by atoms with E-state index in [9.17, 15) is 5.11 Å². The molecule has 4 aliphatic carbocycles. The van der Waals surface area contributed by atoms with E-state index in [0.29, 0.717) is 22.5 Å². The summed E-state index contributed by atoms with van der Waals surface area (Å²) < 4.78 is 0. The maximum atomic E-state index is 9.91. The molecule has 1 heteroatoms. The second kappa shape index (κ2) is 4.27. The van der Waals surface area contributed by atoms with E-state index in [0.717, 1.165) is 24.2 Å². The van der Waals surface area contributed by atoms with Gasteiger partial charge in [-0.25, -0.2) is 0 Å². The summed E-state index contributed by atoms with van der Waals surface area (Å²) in [5, 5.41) is 9.91. The maximum absolute atomic E-state index is 9.91. The van der Waals surface area contributed by atoms with Crippen LogP contribution in [0.5, 0.6) is 0 Å². The molecule has 112 valence electrons. The van der Waals surface area contributed by atoms with Crippen LogP contribution >= 0.6 is 0 Å². The zero-order valence-corrected chi connectivity index (χ0v) is 13.2. The molecule has 3 saturated carbocycles. The summed E-state index contributed by atoms with van der Waals surface area (Å²) in [4.78, 5) is 0. The summed E-state index contributed by atoms with van der Waals surface area (Å²) in [5.74, 6) is 4.27. The van der Waals surface area contributed by atoms with Crippen LogP contribution in [0.4, 0.5) is 0 Å². The Morgan fingerprint density at radius 3 is 2.70 bits per heavy atom. The van der Waals surface area contributed by atoms with Gasteiger partial charge in [0.05, 0.1) is 5.76 Å². The van der Waals surface area contributed by atoms with E-state index in [4.69, 9.17) is 0 Å². The first-order valence-corrected chi connectivity index (χ1v) is 8.93. The molecular weight excluding hydrogens is 244 g/mol. The van der Waals surface area contributed by atoms with Crippen LogP contribution in [0.3, 0.4) is 0 Å². The van der Waals surface area contributed by atoms with Gasteiger partial charge in [0.15, 0.2) is 0 Å². The van der Waals surface area contributed by atoms with Gasteiger partial charge >= 0.3 is 0 Å². The van der Waals surface area contributed by atoms with Gasteiger partial charge in [-0.3, -0.25) is 0 Å². The third-order valence-electron chi connectivity index (χ3n) is 8.04. The van der Waals surface area contributed by atoms with Gasteiger partial charge in [-0.1, -0.05) is 20.3 Å². The van der Waals surface area contributed by atoms with Crippen molar-refractivity contribution in [1.82, 2.24) is 0 Å². The predicted octanol–water partition coefficient (Wildman–Crippen LogP) is 5.47. The molecule has 1 unspecified atom stereocenters. The Hall–Kier alpha value is -0.460. The molecule has 1 nitrogen and oxygen atoms in total. The highest BCUT2D eigenvalue weighted by molar-refractivity contribution is 5.14. The van der Waals surface area contributed by atoms with Gasteiger partial charge in [0.25, 0.3) is 0 Å². The molecule has 0 saturated heterocycles. The van der Waals surface area contributed by atoms with E-state index in [1.165, 1.54) is 51.4 Å². The average Bonchev–Trinajstić information content (AvgIpc) is 2.81. The first-order valence-electron chi connectivity index (χ1n) is 8.93. The van der Waals surface area contributed by atoms with Crippen molar-refractivity contribution in [3.05, 3.63) is 11.8 Å². The number of aliphatic hydroxyl groups excluding tert-OH is 1. The van der Waals surface area contributed by atoms with Crippen molar-refractivity contribution in [2.75, 3.05) is 0 Å². The molecule has 0 spiro atoms. The Bertz CT molecular complexity index is 439. The topological polar surface area (TPSA) is 20.2 Å². The second-order valence-electron chi connectivity index (χ2n) is 8.81. The van der Waals surface area contributed by atoms with Gasteiger partial charge < -0.3 is 5.11 Å². The number of allylic oxidation sites excluding steroid dienone is 2. The molecule has 20 heavy (non-hydrogen) atoms. The van der Waals surface area contributed by atoms with Crippen molar-refractivity contribution in [2.45, 2.75) is 71.6 Å². The van der Waals surface area contributed by atoms with Crippen molar-refractivity contribution in [2.24, 2.45) is 34.5 Å². The van der Waals surface area contributed by atoms with E-state index < -0.39 is 0 Å². The number of hydrogen-bond acceptors (Lipinski definition) is 1. The van der Waals surface area contributed by atoms with Crippen molar-refractivity contribution in [1.29, 1.82) is 0 Å². The molecule has 6 atom stereocenters. The molecule has 0 heterocycles. The summed E-state index contributed by atoms with van der Waals surface area (Å²) in [5.41, 5.74) is 1.16. The molecule has 0 radical (unpaired) electrons. The van der Waals surface area contributed by atoms with Crippen LogP contribution in [0.1, 0.15) is 71.6 Å². The van der Waals surface area contributed by atoms with E-state index >= 15 is 0 Å². The minimum absolute atomic E-state index is 0.485. The molecule has 1 N–H and O–H groups in total. The molecule has 3 fully saturated rings. The van der Waals surface area contributed by atoms with Gasteiger partial charge in [0.2, 0.25) is 0 Å². The van der Waals surface area contributed by atoms with E-state index in [1.54, 1.807) is 0 Å². The van der Waals surface area contributed by atoms with E-state index in [-0.39, 0.29) is 0 Å². The van der Waals surface area contributed by atoms with Crippen molar-refractivity contribution in [3.8, 4) is 0 Å². The average molecular weight is 274 g/mol. The molecule has 4 rings (SSSR count). The summed E-state index contributed by atoms with van der Waals surface area (Å²) in [7, 11) is 0. The number of hydrogen-bond donors (Lipinski definition) is 1. The Labute approximate surface area is 123 Å². The lowest BCUT2D eigenvalue weighted by molar-refractivity contribution is -0.0838. The van der Waals surface area contributed by atoms with Crippen LogP contribution in [0.25, 0.3) is 0 Å². The minimum Gasteiger partial charge on any atom is -0.513 e. The maximum Gasteiger partial charge on any atom is 0.0886 e. The summed E-state index contributed by atoms with van der Waals surface area (Å²) in [6, 6.07) is 0. The molecule has 0 bridgehead atoms. The third-order valence-corrected chi connectivity index (χ3v) is 8.04. The van der Waals surface area contributed by atoms with Crippen LogP contribution < -0.4 is 0 Å². The van der Waals surface area contributed by atoms with Gasteiger partial charge in [-0.15, -0.1) is 0 Å². The lowest BCUT2D eigenvalue weighted by atomic mass is 9.46. The second-order valence-corrected chi connectivity index (χ2v) is 8.81. The zero-order valence-electron chi connectivity index (χ0n) is 13.2. The smallest absolute Gasteiger partial charge is 0.0886 e.